The molecule has 1 atom stereocenters. The molecule has 10 heteroatoms. The highest BCUT2D eigenvalue weighted by molar-refractivity contribution is 5.89. The Bertz CT molecular complexity index is 1190. The lowest BCUT2D eigenvalue weighted by atomic mass is 10.1. The number of fused-ring (bicyclic) bond motifs is 2. The van der Waals surface area contributed by atoms with Gasteiger partial charge < -0.3 is 18.8 Å². The normalized spacial score (nSPS) is 18.8. The van der Waals surface area contributed by atoms with E-state index >= 15 is 0 Å². The highest BCUT2D eigenvalue weighted by Crippen LogP contribution is 2.29. The molecule has 1 unspecified atom stereocenters. The fourth-order valence-corrected chi connectivity index (χ4v) is 4.36. The Morgan fingerprint density at radius 1 is 1.10 bits per heavy atom. The quantitative estimate of drug-likeness (QED) is 0.629. The van der Waals surface area contributed by atoms with E-state index in [-0.39, 0.29) is 18.4 Å². The topological polar surface area (TPSA) is 106 Å². The van der Waals surface area contributed by atoms with Gasteiger partial charge in [-0.3, -0.25) is 14.2 Å². The molecule has 0 radical (unpaired) electrons. The zero-order valence-corrected chi connectivity index (χ0v) is 16.7. The van der Waals surface area contributed by atoms with Gasteiger partial charge in [0.2, 0.25) is 5.91 Å². The molecule has 3 aromatic rings. The number of oxazole rings is 1. The first-order valence-corrected chi connectivity index (χ1v) is 10.1. The predicted molar refractivity (Wildman–Crippen MR) is 106 cm³/mol. The molecule has 30 heavy (non-hydrogen) atoms. The molecule has 0 aliphatic carbocycles. The molecule has 0 bridgehead atoms. The summed E-state index contributed by atoms with van der Waals surface area (Å²) in [7, 11) is 0. The Morgan fingerprint density at radius 2 is 1.87 bits per heavy atom. The van der Waals surface area contributed by atoms with Crippen LogP contribution in [-0.4, -0.2) is 60.6 Å². The average molecular weight is 410 g/mol. The Morgan fingerprint density at radius 3 is 2.67 bits per heavy atom. The first kappa shape index (κ1) is 18.6. The van der Waals surface area contributed by atoms with Crippen molar-refractivity contribution < 1.29 is 14.0 Å². The van der Waals surface area contributed by atoms with Gasteiger partial charge in [-0.05, 0) is 31.9 Å². The minimum Gasteiger partial charge on any atom is -0.408 e. The maximum absolute atomic E-state index is 13.3. The number of hydrogen-bond acceptors (Lipinski definition) is 6. The van der Waals surface area contributed by atoms with Gasteiger partial charge in [-0.1, -0.05) is 12.1 Å². The Kier molecular flexibility index (Phi) is 4.41. The monoisotopic (exact) mass is 410 g/mol. The van der Waals surface area contributed by atoms with Crippen LogP contribution in [0.3, 0.4) is 0 Å². The number of nitrogens with zero attached hydrogens (tertiary/aromatic N) is 6. The van der Waals surface area contributed by atoms with E-state index in [1.54, 1.807) is 29.2 Å². The number of aryl methyl sites for hydroxylation is 1. The van der Waals surface area contributed by atoms with Crippen molar-refractivity contribution in [2.24, 2.45) is 0 Å². The minimum absolute atomic E-state index is 0.140. The fraction of sp³-hybridized carbons (Fsp3) is 0.450. The molecule has 0 N–H and O–H groups in total. The van der Waals surface area contributed by atoms with Crippen LogP contribution in [0.1, 0.15) is 30.5 Å². The first-order valence-electron chi connectivity index (χ1n) is 10.1. The summed E-state index contributed by atoms with van der Waals surface area (Å²) in [5, 5.41) is 8.33. The lowest BCUT2D eigenvalue weighted by molar-refractivity contribution is -0.147. The highest BCUT2D eigenvalue weighted by atomic mass is 16.4. The van der Waals surface area contributed by atoms with Crippen LogP contribution in [0.15, 0.2) is 33.5 Å². The summed E-state index contributed by atoms with van der Waals surface area (Å²) in [5.74, 6) is 0.136. The molecule has 2 aliphatic heterocycles. The van der Waals surface area contributed by atoms with Crippen molar-refractivity contribution in [3.05, 3.63) is 46.5 Å². The number of amides is 2. The van der Waals surface area contributed by atoms with Gasteiger partial charge in [-0.15, -0.1) is 10.2 Å². The maximum Gasteiger partial charge on any atom is 0.420 e. The summed E-state index contributed by atoms with van der Waals surface area (Å²) in [5.41, 5.74) is 0.975. The van der Waals surface area contributed by atoms with Gasteiger partial charge in [0, 0.05) is 26.2 Å². The molecular formula is C20H22N6O4. The van der Waals surface area contributed by atoms with Gasteiger partial charge in [0.1, 0.15) is 12.4 Å². The van der Waals surface area contributed by atoms with E-state index in [9.17, 15) is 14.4 Å². The van der Waals surface area contributed by atoms with Crippen molar-refractivity contribution in [2.75, 3.05) is 19.6 Å². The smallest absolute Gasteiger partial charge is 0.408 e. The van der Waals surface area contributed by atoms with Gasteiger partial charge in [0.25, 0.3) is 5.91 Å². The zero-order chi connectivity index (χ0) is 20.8. The van der Waals surface area contributed by atoms with E-state index in [0.717, 1.165) is 12.8 Å². The molecule has 156 valence electrons. The second kappa shape index (κ2) is 7.12. The predicted octanol–water partition coefficient (Wildman–Crippen LogP) is 0.700. The lowest BCUT2D eigenvalue weighted by Crippen LogP contribution is -2.50. The largest absolute Gasteiger partial charge is 0.420 e. The SMILES string of the molecule is Cc1nnc2n1CCN(C(=O)Cn1c(=O)oc3ccccc31)C2C(=O)N1CCCC1. The summed E-state index contributed by atoms with van der Waals surface area (Å²) in [6.45, 7) is 3.84. The van der Waals surface area contributed by atoms with Crippen molar-refractivity contribution in [2.45, 2.75) is 38.9 Å². The second-order valence-corrected chi connectivity index (χ2v) is 7.70. The van der Waals surface area contributed by atoms with Crippen molar-refractivity contribution in [1.82, 2.24) is 29.1 Å². The molecule has 0 saturated carbocycles. The van der Waals surface area contributed by atoms with Gasteiger partial charge in [0.05, 0.1) is 5.52 Å². The Balaban J connectivity index is 1.49. The third-order valence-electron chi connectivity index (χ3n) is 5.92. The molecule has 1 fully saturated rings. The maximum atomic E-state index is 13.3. The van der Waals surface area contributed by atoms with Crippen LogP contribution in [0.2, 0.25) is 0 Å². The molecule has 1 aromatic carbocycles. The number of rotatable bonds is 3. The standard InChI is InChI=1S/C20H22N6O4/c1-13-21-22-18-17(19(28)23-8-4-5-9-23)25(11-10-24(13)18)16(27)12-26-14-6-2-3-7-15(14)30-20(26)29/h2-3,6-7,17H,4-5,8-12H2,1H3. The molecule has 0 spiro atoms. The number of carbonyl (C=O) groups excluding carboxylic acids is 2. The van der Waals surface area contributed by atoms with Crippen LogP contribution in [0.4, 0.5) is 0 Å². The number of benzene rings is 1. The molecule has 10 nitrogen and oxygen atoms in total. The summed E-state index contributed by atoms with van der Waals surface area (Å²) in [4.78, 5) is 42.3. The molecule has 2 aromatic heterocycles. The van der Waals surface area contributed by atoms with E-state index in [0.29, 0.717) is 48.9 Å². The molecular weight excluding hydrogens is 388 g/mol. The number of likely N-dealkylation sites (tertiary alicyclic amines) is 1. The number of para-hydroxylation sites is 2. The summed E-state index contributed by atoms with van der Waals surface area (Å²) < 4.78 is 8.43. The Hall–Kier alpha value is -3.43. The molecule has 5 rings (SSSR count). The second-order valence-electron chi connectivity index (χ2n) is 7.70. The molecule has 2 amide bonds. The molecule has 2 aliphatic rings. The van der Waals surface area contributed by atoms with Crippen LogP contribution in [0.5, 0.6) is 0 Å². The summed E-state index contributed by atoms with van der Waals surface area (Å²) >= 11 is 0. The lowest BCUT2D eigenvalue weighted by Gasteiger charge is -2.36. The van der Waals surface area contributed by atoms with E-state index in [1.165, 1.54) is 9.47 Å². The Labute approximate surface area is 171 Å². The van der Waals surface area contributed by atoms with E-state index in [4.69, 9.17) is 4.42 Å². The third kappa shape index (κ3) is 2.90. The van der Waals surface area contributed by atoms with Crippen molar-refractivity contribution in [3.63, 3.8) is 0 Å². The van der Waals surface area contributed by atoms with E-state index < -0.39 is 11.8 Å². The molecule has 4 heterocycles. The van der Waals surface area contributed by atoms with Gasteiger partial charge >= 0.3 is 5.76 Å². The summed E-state index contributed by atoms with van der Waals surface area (Å²) in [6, 6.07) is 6.13. The van der Waals surface area contributed by atoms with E-state index in [1.807, 2.05) is 11.5 Å². The number of carbonyl (C=O) groups is 2. The number of aromatic nitrogens is 4. The van der Waals surface area contributed by atoms with Crippen LogP contribution in [-0.2, 0) is 22.7 Å². The van der Waals surface area contributed by atoms with Crippen molar-refractivity contribution in [1.29, 1.82) is 0 Å². The highest BCUT2D eigenvalue weighted by Gasteiger charge is 2.41. The van der Waals surface area contributed by atoms with Crippen molar-refractivity contribution >= 4 is 22.9 Å². The minimum atomic E-state index is -0.834. The van der Waals surface area contributed by atoms with Crippen molar-refractivity contribution in [3.8, 4) is 0 Å². The third-order valence-corrected chi connectivity index (χ3v) is 5.92. The van der Waals surface area contributed by atoms with Gasteiger partial charge in [0.15, 0.2) is 17.4 Å². The van der Waals surface area contributed by atoms with Crippen LogP contribution < -0.4 is 5.76 Å². The van der Waals surface area contributed by atoms with Gasteiger partial charge in [-0.2, -0.15) is 0 Å². The van der Waals surface area contributed by atoms with E-state index in [2.05, 4.69) is 10.2 Å². The van der Waals surface area contributed by atoms with Crippen LogP contribution in [0, 0.1) is 6.92 Å². The molecule has 1 saturated heterocycles. The van der Waals surface area contributed by atoms with Gasteiger partial charge in [-0.25, -0.2) is 4.79 Å². The summed E-state index contributed by atoms with van der Waals surface area (Å²) in [6.07, 6.45) is 1.91. The zero-order valence-electron chi connectivity index (χ0n) is 16.7. The fourth-order valence-electron chi connectivity index (χ4n) is 4.36. The van der Waals surface area contributed by atoms with Crippen LogP contribution in [0.25, 0.3) is 11.1 Å². The first-order chi connectivity index (χ1) is 14.5. The number of hydrogen-bond donors (Lipinski definition) is 0. The average Bonchev–Trinajstić information content (AvgIpc) is 3.47. The van der Waals surface area contributed by atoms with Crippen LogP contribution >= 0.6 is 0 Å².